The summed E-state index contributed by atoms with van der Waals surface area (Å²) in [6.45, 7) is 5.80. The highest BCUT2D eigenvalue weighted by Gasteiger charge is 2.28. The Morgan fingerprint density at radius 3 is 2.73 bits per heavy atom. The fourth-order valence-electron chi connectivity index (χ4n) is 4.81. The molecule has 1 aliphatic rings. The first-order valence-electron chi connectivity index (χ1n) is 11.1. The Kier molecular flexibility index (Phi) is 5.41. The number of benzene rings is 2. The quantitative estimate of drug-likeness (QED) is 0.402. The van der Waals surface area contributed by atoms with E-state index in [4.69, 9.17) is 11.6 Å². The molecule has 5 nitrogen and oxygen atoms in total. The molecule has 0 saturated heterocycles. The van der Waals surface area contributed by atoms with E-state index in [1.54, 1.807) is 29.8 Å². The van der Waals surface area contributed by atoms with E-state index in [2.05, 4.69) is 27.5 Å². The lowest BCUT2D eigenvalue weighted by atomic mass is 10.0. The van der Waals surface area contributed by atoms with Crippen LogP contribution in [0.25, 0.3) is 16.8 Å². The zero-order valence-electron chi connectivity index (χ0n) is 18.7. The minimum absolute atomic E-state index is 0.0182. The molecule has 1 aliphatic carbocycles. The minimum atomic E-state index is -0.435. The molecule has 0 bridgehead atoms. The number of hydrogen-bond donors (Lipinski definition) is 1. The van der Waals surface area contributed by atoms with Crippen LogP contribution in [0.15, 0.2) is 48.7 Å². The summed E-state index contributed by atoms with van der Waals surface area (Å²) in [4.78, 5) is 17.9. The Morgan fingerprint density at radius 2 is 1.97 bits per heavy atom. The molecule has 5 rings (SSSR count). The number of amides is 1. The van der Waals surface area contributed by atoms with Crippen LogP contribution in [0, 0.1) is 12.7 Å². The van der Waals surface area contributed by atoms with Crippen molar-refractivity contribution in [2.24, 2.45) is 0 Å². The molecule has 1 atom stereocenters. The van der Waals surface area contributed by atoms with E-state index in [9.17, 15) is 9.18 Å². The molecule has 2 heterocycles. The third-order valence-corrected chi connectivity index (χ3v) is 6.61. The van der Waals surface area contributed by atoms with Gasteiger partial charge in [0.2, 0.25) is 0 Å². The van der Waals surface area contributed by atoms with Gasteiger partial charge in [0.25, 0.3) is 5.91 Å². The van der Waals surface area contributed by atoms with Crippen molar-refractivity contribution in [3.8, 4) is 11.1 Å². The molecule has 0 unspecified atom stereocenters. The van der Waals surface area contributed by atoms with Crippen molar-refractivity contribution >= 4 is 23.2 Å². The van der Waals surface area contributed by atoms with Crippen molar-refractivity contribution in [1.29, 1.82) is 0 Å². The average Bonchev–Trinajstić information content (AvgIpc) is 3.33. The number of aromatic nitrogens is 3. The molecular weight excluding hydrogens is 439 g/mol. The SMILES string of the molecule is Cc1nn2c(C(C)C)c(C(=O)N[C@H]3CCc4ccccc43)cnc2c1-c1c(F)cccc1Cl. The van der Waals surface area contributed by atoms with E-state index >= 15 is 0 Å². The van der Waals surface area contributed by atoms with Gasteiger partial charge < -0.3 is 5.32 Å². The van der Waals surface area contributed by atoms with E-state index in [0.29, 0.717) is 27.5 Å². The Hall–Kier alpha value is -3.25. The van der Waals surface area contributed by atoms with Crippen LogP contribution in [0.3, 0.4) is 0 Å². The molecule has 168 valence electrons. The lowest BCUT2D eigenvalue weighted by molar-refractivity contribution is 0.0934. The predicted octanol–water partition coefficient (Wildman–Crippen LogP) is 6.04. The average molecular weight is 463 g/mol. The second kappa shape index (κ2) is 8.27. The smallest absolute Gasteiger partial charge is 0.255 e. The van der Waals surface area contributed by atoms with E-state index < -0.39 is 5.82 Å². The van der Waals surface area contributed by atoms with Gasteiger partial charge in [0.15, 0.2) is 5.65 Å². The van der Waals surface area contributed by atoms with Crippen LogP contribution in [0.5, 0.6) is 0 Å². The van der Waals surface area contributed by atoms with Gasteiger partial charge in [0.1, 0.15) is 5.82 Å². The van der Waals surface area contributed by atoms with Crippen molar-refractivity contribution in [3.05, 3.63) is 87.6 Å². The zero-order chi connectivity index (χ0) is 23.3. The van der Waals surface area contributed by atoms with E-state index in [1.165, 1.54) is 11.6 Å². The Morgan fingerprint density at radius 1 is 1.18 bits per heavy atom. The van der Waals surface area contributed by atoms with Crippen LogP contribution in [0.1, 0.15) is 65.1 Å². The second-order valence-electron chi connectivity index (χ2n) is 8.77. The molecule has 0 saturated carbocycles. The largest absolute Gasteiger partial charge is 0.345 e. The summed E-state index contributed by atoms with van der Waals surface area (Å²) in [6.07, 6.45) is 3.38. The summed E-state index contributed by atoms with van der Waals surface area (Å²) in [7, 11) is 0. The van der Waals surface area contributed by atoms with Crippen molar-refractivity contribution < 1.29 is 9.18 Å². The van der Waals surface area contributed by atoms with Gasteiger partial charge in [-0.25, -0.2) is 13.9 Å². The molecule has 0 spiro atoms. The number of nitrogens with zero attached hydrogens (tertiary/aromatic N) is 3. The van der Waals surface area contributed by atoms with Crippen molar-refractivity contribution in [2.45, 2.75) is 45.6 Å². The molecule has 1 N–H and O–H groups in total. The molecule has 0 aliphatic heterocycles. The standard InChI is InChI=1S/C26H24ClFN4O/c1-14(2)24-18(26(33)30-21-12-11-16-7-4-5-8-17(16)21)13-29-25-22(15(3)31-32(24)25)23-19(27)9-6-10-20(23)28/h4-10,13-14,21H,11-12H2,1-3H3,(H,30,33)/t21-/m0/s1. The maximum absolute atomic E-state index is 14.7. The molecule has 2 aromatic carbocycles. The summed E-state index contributed by atoms with van der Waals surface area (Å²) >= 11 is 6.34. The first kappa shape index (κ1) is 21.6. The fraction of sp³-hybridized carbons (Fsp3) is 0.269. The third-order valence-electron chi connectivity index (χ3n) is 6.30. The Labute approximate surface area is 196 Å². The van der Waals surface area contributed by atoms with E-state index in [0.717, 1.165) is 24.1 Å². The number of rotatable bonds is 4. The molecule has 0 fully saturated rings. The zero-order valence-corrected chi connectivity index (χ0v) is 19.4. The van der Waals surface area contributed by atoms with Gasteiger partial charge in [0, 0.05) is 11.8 Å². The van der Waals surface area contributed by atoms with E-state index in [1.807, 2.05) is 26.0 Å². The van der Waals surface area contributed by atoms with Crippen LogP contribution in [0.2, 0.25) is 5.02 Å². The highest BCUT2D eigenvalue weighted by molar-refractivity contribution is 6.33. The predicted molar refractivity (Wildman–Crippen MR) is 127 cm³/mol. The number of fused-ring (bicyclic) bond motifs is 2. The van der Waals surface area contributed by atoms with Crippen LogP contribution in [0.4, 0.5) is 4.39 Å². The fourth-order valence-corrected chi connectivity index (χ4v) is 5.07. The van der Waals surface area contributed by atoms with Crippen molar-refractivity contribution in [1.82, 2.24) is 19.9 Å². The van der Waals surface area contributed by atoms with Crippen LogP contribution >= 0.6 is 11.6 Å². The molecule has 7 heteroatoms. The third kappa shape index (κ3) is 3.59. The topological polar surface area (TPSA) is 59.3 Å². The molecule has 33 heavy (non-hydrogen) atoms. The number of hydrogen-bond acceptors (Lipinski definition) is 3. The minimum Gasteiger partial charge on any atom is -0.345 e. The molecule has 4 aromatic rings. The monoisotopic (exact) mass is 462 g/mol. The second-order valence-corrected chi connectivity index (χ2v) is 9.18. The van der Waals surface area contributed by atoms with Crippen LogP contribution < -0.4 is 5.32 Å². The maximum Gasteiger partial charge on any atom is 0.255 e. The first-order chi connectivity index (χ1) is 15.9. The summed E-state index contributed by atoms with van der Waals surface area (Å²) < 4.78 is 16.4. The lowest BCUT2D eigenvalue weighted by Gasteiger charge is -2.18. The summed E-state index contributed by atoms with van der Waals surface area (Å²) in [5.74, 6) is -0.640. The number of aryl methyl sites for hydroxylation is 2. The lowest BCUT2D eigenvalue weighted by Crippen LogP contribution is -2.29. The first-order valence-corrected chi connectivity index (χ1v) is 11.5. The number of carbonyl (C=O) groups excluding carboxylic acids is 1. The van der Waals surface area contributed by atoms with Gasteiger partial charge in [0.05, 0.1) is 33.6 Å². The van der Waals surface area contributed by atoms with Gasteiger partial charge >= 0.3 is 0 Å². The molecule has 0 radical (unpaired) electrons. The number of halogens is 2. The normalized spacial score (nSPS) is 15.3. The van der Waals surface area contributed by atoms with Crippen LogP contribution in [-0.2, 0) is 6.42 Å². The summed E-state index contributed by atoms with van der Waals surface area (Å²) in [6, 6.07) is 12.8. The van der Waals surface area contributed by atoms with Crippen molar-refractivity contribution in [2.75, 3.05) is 0 Å². The van der Waals surface area contributed by atoms with Gasteiger partial charge in [-0.3, -0.25) is 4.79 Å². The van der Waals surface area contributed by atoms with Crippen molar-refractivity contribution in [3.63, 3.8) is 0 Å². The van der Waals surface area contributed by atoms with E-state index in [-0.39, 0.29) is 23.4 Å². The molecular formula is C26H24ClFN4O. The van der Waals surface area contributed by atoms with Gasteiger partial charge in [-0.15, -0.1) is 0 Å². The summed E-state index contributed by atoms with van der Waals surface area (Å²) in [5.41, 5.74) is 5.52. The highest BCUT2D eigenvalue weighted by Crippen LogP contribution is 2.37. The van der Waals surface area contributed by atoms with Crippen LogP contribution in [-0.4, -0.2) is 20.5 Å². The Bertz CT molecular complexity index is 1370. The molecule has 2 aromatic heterocycles. The summed E-state index contributed by atoms with van der Waals surface area (Å²) in [5, 5.41) is 8.13. The van der Waals surface area contributed by atoms with Gasteiger partial charge in [-0.05, 0) is 48.9 Å². The Balaban J connectivity index is 1.60. The number of nitrogens with one attached hydrogen (secondary N) is 1. The van der Waals surface area contributed by atoms with Gasteiger partial charge in [-0.1, -0.05) is 55.8 Å². The highest BCUT2D eigenvalue weighted by atomic mass is 35.5. The molecule has 1 amide bonds. The maximum atomic E-state index is 14.7. The van der Waals surface area contributed by atoms with Gasteiger partial charge in [-0.2, -0.15) is 5.10 Å². The number of carbonyl (C=O) groups is 1.